The Bertz CT molecular complexity index is 942. The number of esters is 1. The fourth-order valence-electron chi connectivity index (χ4n) is 4.99. The summed E-state index contributed by atoms with van der Waals surface area (Å²) in [6.45, 7) is 2.49. The molecular formula is C37H68NO10P. The lowest BCUT2D eigenvalue weighted by atomic mass is 10.1. The topological polar surface area (TPSA) is 169 Å². The predicted octanol–water partition coefficient (Wildman–Crippen LogP) is 8.72. The molecule has 3 atom stereocenters. The van der Waals surface area contributed by atoms with Crippen LogP contribution in [0.2, 0.25) is 0 Å². The van der Waals surface area contributed by atoms with Crippen LogP contribution in [-0.2, 0) is 32.7 Å². The van der Waals surface area contributed by atoms with Crippen LogP contribution >= 0.6 is 7.82 Å². The highest BCUT2D eigenvalue weighted by Gasteiger charge is 2.28. The van der Waals surface area contributed by atoms with Gasteiger partial charge in [0, 0.05) is 12.8 Å². The maximum absolute atomic E-state index is 12.2. The van der Waals surface area contributed by atoms with Crippen LogP contribution in [0.5, 0.6) is 0 Å². The number of aliphatic hydroxyl groups excluding tert-OH is 1. The highest BCUT2D eigenvalue weighted by atomic mass is 31.2. The quantitative estimate of drug-likeness (QED) is 0.0215. The first kappa shape index (κ1) is 47.0. The van der Waals surface area contributed by atoms with Gasteiger partial charge in [-0.1, -0.05) is 128 Å². The summed E-state index contributed by atoms with van der Waals surface area (Å²) in [6.07, 6.45) is 30.8. The van der Waals surface area contributed by atoms with E-state index in [4.69, 9.17) is 13.8 Å². The predicted molar refractivity (Wildman–Crippen MR) is 194 cm³/mol. The molecule has 0 aliphatic rings. The number of hydrogen-bond acceptors (Lipinski definition) is 8. The Kier molecular flexibility index (Phi) is 31.7. The van der Waals surface area contributed by atoms with Crippen LogP contribution in [0.15, 0.2) is 24.3 Å². The van der Waals surface area contributed by atoms with E-state index in [1.54, 1.807) is 0 Å². The zero-order valence-electron chi connectivity index (χ0n) is 30.5. The minimum absolute atomic E-state index is 0.146. The summed E-state index contributed by atoms with van der Waals surface area (Å²) >= 11 is 0. The Morgan fingerprint density at radius 1 is 0.653 bits per heavy atom. The zero-order chi connectivity index (χ0) is 36.4. The second kappa shape index (κ2) is 33.1. The zero-order valence-corrected chi connectivity index (χ0v) is 31.4. The average molecular weight is 718 g/mol. The fraction of sp³-hybridized carbons (Fsp3) is 0.811. The minimum atomic E-state index is -4.74. The molecule has 0 fully saturated rings. The number of carbonyl (C=O) groups excluding carboxylic acids is 2. The molecule has 0 rings (SSSR count). The molecule has 0 aromatic heterocycles. The monoisotopic (exact) mass is 717 g/mol. The summed E-state index contributed by atoms with van der Waals surface area (Å²) in [7, 11) is -4.74. The van der Waals surface area contributed by atoms with Crippen LogP contribution in [0.25, 0.3) is 0 Å². The normalized spacial score (nSPS) is 14.2. The number of amides is 1. The molecule has 0 saturated carbocycles. The molecule has 0 heterocycles. The van der Waals surface area contributed by atoms with Gasteiger partial charge in [-0.05, 0) is 44.9 Å². The van der Waals surface area contributed by atoms with Gasteiger partial charge in [-0.15, -0.1) is 0 Å². The smallest absolute Gasteiger partial charge is 0.472 e. The minimum Gasteiger partial charge on any atom is -0.480 e. The number of phosphoric ester groups is 1. The highest BCUT2D eigenvalue weighted by molar-refractivity contribution is 7.47. The number of aliphatic carboxylic acids is 1. The lowest BCUT2D eigenvalue weighted by molar-refractivity contribution is -0.147. The molecular weight excluding hydrogens is 649 g/mol. The SMILES string of the molecule is CCCCC/C=C\C/C=C\CCCCCCCCCC(=O)OCC(O)COP(=O)(O)OCC(NC(=O)CCCCCCCCCC)C(=O)O. The van der Waals surface area contributed by atoms with Gasteiger partial charge in [0.2, 0.25) is 5.91 Å². The van der Waals surface area contributed by atoms with Gasteiger partial charge in [0.25, 0.3) is 0 Å². The van der Waals surface area contributed by atoms with Crippen molar-refractivity contribution in [2.75, 3.05) is 19.8 Å². The van der Waals surface area contributed by atoms with E-state index in [1.165, 1.54) is 70.6 Å². The highest BCUT2D eigenvalue weighted by Crippen LogP contribution is 2.43. The standard InChI is InChI=1S/C37H68NO10P/c1-3-5-7-9-11-13-14-15-16-17-18-19-20-21-23-25-27-29-36(41)46-30-33(39)31-47-49(44,45)48-32-34(37(42)43)38-35(40)28-26-24-22-12-10-8-6-4-2/h11,13,15-16,33-34,39H,3-10,12,14,17-32H2,1-2H3,(H,38,40)(H,42,43)(H,44,45)/b13-11-,16-15-. The van der Waals surface area contributed by atoms with E-state index in [0.29, 0.717) is 12.8 Å². The van der Waals surface area contributed by atoms with Crippen LogP contribution in [-0.4, -0.2) is 64.9 Å². The van der Waals surface area contributed by atoms with Gasteiger partial charge in [-0.25, -0.2) is 9.36 Å². The summed E-state index contributed by atoms with van der Waals surface area (Å²) in [5, 5.41) is 21.7. The first-order valence-corrected chi connectivity index (χ1v) is 20.4. The van der Waals surface area contributed by atoms with Gasteiger partial charge >= 0.3 is 19.8 Å². The number of phosphoric acid groups is 1. The third-order valence-corrected chi connectivity index (χ3v) is 8.94. The van der Waals surface area contributed by atoms with Gasteiger partial charge in [0.05, 0.1) is 13.2 Å². The van der Waals surface area contributed by atoms with Crippen molar-refractivity contribution in [1.29, 1.82) is 0 Å². The number of nitrogens with one attached hydrogen (secondary N) is 1. The second-order valence-electron chi connectivity index (χ2n) is 12.8. The molecule has 0 aliphatic carbocycles. The van der Waals surface area contributed by atoms with E-state index in [2.05, 4.69) is 43.5 Å². The molecule has 1 amide bonds. The van der Waals surface area contributed by atoms with Crippen molar-refractivity contribution in [2.24, 2.45) is 0 Å². The Hall–Kier alpha value is -2.04. The van der Waals surface area contributed by atoms with Crippen molar-refractivity contribution in [3.63, 3.8) is 0 Å². The average Bonchev–Trinajstić information content (AvgIpc) is 3.07. The van der Waals surface area contributed by atoms with Crippen LogP contribution in [0, 0.1) is 0 Å². The third-order valence-electron chi connectivity index (χ3n) is 7.99. The van der Waals surface area contributed by atoms with Gasteiger partial charge in [0.1, 0.15) is 12.7 Å². The molecule has 4 N–H and O–H groups in total. The molecule has 11 nitrogen and oxygen atoms in total. The first-order valence-electron chi connectivity index (χ1n) is 18.9. The van der Waals surface area contributed by atoms with Crippen LogP contribution in [0.1, 0.15) is 162 Å². The van der Waals surface area contributed by atoms with Gasteiger partial charge in [-0.2, -0.15) is 0 Å². The number of carboxylic acids is 1. The van der Waals surface area contributed by atoms with Crippen molar-refractivity contribution >= 4 is 25.7 Å². The van der Waals surface area contributed by atoms with Crippen molar-refractivity contribution in [2.45, 2.75) is 174 Å². The largest absolute Gasteiger partial charge is 0.480 e. The number of ether oxygens (including phenoxy) is 1. The van der Waals surface area contributed by atoms with Crippen LogP contribution < -0.4 is 5.32 Å². The maximum Gasteiger partial charge on any atom is 0.472 e. The number of rotatable bonds is 35. The summed E-state index contributed by atoms with van der Waals surface area (Å²) in [5.41, 5.74) is 0. The van der Waals surface area contributed by atoms with E-state index in [1.807, 2.05) is 0 Å². The van der Waals surface area contributed by atoms with Gasteiger partial charge in [-0.3, -0.25) is 18.6 Å². The van der Waals surface area contributed by atoms with Crippen LogP contribution in [0.4, 0.5) is 0 Å². The Balaban J connectivity index is 3.92. The van der Waals surface area contributed by atoms with E-state index in [-0.39, 0.29) is 12.8 Å². The number of unbranched alkanes of at least 4 members (excludes halogenated alkanes) is 17. The fourth-order valence-corrected chi connectivity index (χ4v) is 5.76. The number of allylic oxidation sites excluding steroid dienone is 4. The van der Waals surface area contributed by atoms with Gasteiger partial charge < -0.3 is 25.2 Å². The first-order chi connectivity index (χ1) is 23.6. The van der Waals surface area contributed by atoms with Crippen LogP contribution in [0.3, 0.4) is 0 Å². The molecule has 0 aromatic carbocycles. The Morgan fingerprint density at radius 2 is 1.12 bits per heavy atom. The van der Waals surface area contributed by atoms with Crippen molar-refractivity contribution < 1.29 is 47.8 Å². The van der Waals surface area contributed by atoms with Crippen molar-refractivity contribution in [1.82, 2.24) is 5.32 Å². The van der Waals surface area contributed by atoms with E-state index in [9.17, 15) is 34.1 Å². The summed E-state index contributed by atoms with van der Waals surface area (Å²) in [5.74, 6) is -2.39. The van der Waals surface area contributed by atoms with E-state index in [0.717, 1.165) is 51.4 Å². The molecule has 0 aromatic rings. The molecule has 49 heavy (non-hydrogen) atoms. The summed E-state index contributed by atoms with van der Waals surface area (Å²) in [6, 6.07) is -1.54. The summed E-state index contributed by atoms with van der Waals surface area (Å²) < 4.78 is 26.6. The summed E-state index contributed by atoms with van der Waals surface area (Å²) in [4.78, 5) is 45.5. The second-order valence-corrected chi connectivity index (χ2v) is 14.2. The number of carboxylic acid groups (broad SMARTS) is 1. The van der Waals surface area contributed by atoms with Gasteiger partial charge in [0.15, 0.2) is 6.04 Å². The lowest BCUT2D eigenvalue weighted by Gasteiger charge is -2.18. The molecule has 12 heteroatoms. The third kappa shape index (κ3) is 32.9. The number of hydrogen-bond donors (Lipinski definition) is 4. The Morgan fingerprint density at radius 3 is 1.69 bits per heavy atom. The molecule has 3 unspecified atom stereocenters. The van der Waals surface area contributed by atoms with E-state index >= 15 is 0 Å². The lowest BCUT2D eigenvalue weighted by Crippen LogP contribution is -2.43. The molecule has 0 spiro atoms. The number of aliphatic hydroxyl groups is 1. The Labute approximate surface area is 296 Å². The molecule has 286 valence electrons. The van der Waals surface area contributed by atoms with Crippen molar-refractivity contribution in [3.05, 3.63) is 24.3 Å². The molecule has 0 saturated heterocycles. The van der Waals surface area contributed by atoms with Crippen molar-refractivity contribution in [3.8, 4) is 0 Å². The molecule has 0 bridgehead atoms. The maximum atomic E-state index is 12.2. The van der Waals surface area contributed by atoms with E-state index < -0.39 is 57.6 Å². The number of carbonyl (C=O) groups is 3. The molecule has 0 aliphatic heterocycles. The molecule has 0 radical (unpaired) electrons.